The van der Waals surface area contributed by atoms with Gasteiger partial charge in [0, 0.05) is 6.54 Å². The molecule has 1 N–H and O–H groups in total. The summed E-state index contributed by atoms with van der Waals surface area (Å²) in [5, 5.41) is 8.84. The predicted octanol–water partition coefficient (Wildman–Crippen LogP) is 5.45. The number of hydrogen-bond donors (Lipinski definition) is 1. The fourth-order valence-electron chi connectivity index (χ4n) is 3.63. The van der Waals surface area contributed by atoms with Crippen LogP contribution in [0.2, 0.25) is 0 Å². The third-order valence-electron chi connectivity index (χ3n) is 5.13. The molecule has 0 saturated carbocycles. The van der Waals surface area contributed by atoms with Crippen molar-refractivity contribution in [2.75, 3.05) is 26.7 Å². The fourth-order valence-corrected chi connectivity index (χ4v) is 3.63. The van der Waals surface area contributed by atoms with E-state index in [4.69, 9.17) is 9.84 Å². The number of carbonyl (C=O) groups is 1. The molecule has 0 aliphatic carbocycles. The number of likely N-dealkylation sites (N-methyl/N-ethyl adjacent to an activating group) is 1. The SMILES string of the molecule is CC/C(=C(\c1ccccc1)c1ccc(OCCN(C)CC(=O)O)cc1)c1ccccc1. The molecule has 160 valence electrons. The molecule has 4 nitrogen and oxygen atoms in total. The van der Waals surface area contributed by atoms with E-state index in [1.807, 2.05) is 24.3 Å². The maximum Gasteiger partial charge on any atom is 0.317 e. The zero-order chi connectivity index (χ0) is 22.1. The van der Waals surface area contributed by atoms with Crippen LogP contribution in [0.4, 0.5) is 0 Å². The molecular weight excluding hydrogens is 386 g/mol. The number of benzene rings is 3. The molecule has 3 rings (SSSR count). The largest absolute Gasteiger partial charge is 0.492 e. The van der Waals surface area contributed by atoms with Gasteiger partial charge < -0.3 is 9.84 Å². The van der Waals surface area contributed by atoms with Crippen LogP contribution in [-0.4, -0.2) is 42.7 Å². The number of rotatable bonds is 10. The van der Waals surface area contributed by atoms with Crippen molar-refractivity contribution in [3.05, 3.63) is 102 Å². The molecule has 0 aromatic heterocycles. The third kappa shape index (κ3) is 6.30. The first-order valence-corrected chi connectivity index (χ1v) is 10.6. The third-order valence-corrected chi connectivity index (χ3v) is 5.13. The first-order chi connectivity index (χ1) is 15.1. The average molecular weight is 416 g/mol. The van der Waals surface area contributed by atoms with Crippen LogP contribution in [0.5, 0.6) is 5.75 Å². The van der Waals surface area contributed by atoms with Crippen LogP contribution in [0.1, 0.15) is 30.0 Å². The normalized spacial score (nSPS) is 11.8. The van der Waals surface area contributed by atoms with Gasteiger partial charge in [-0.3, -0.25) is 9.69 Å². The standard InChI is InChI=1S/C27H29NO3/c1-3-25(21-10-6-4-7-11-21)27(22-12-8-5-9-13-22)23-14-16-24(17-15-23)31-19-18-28(2)20-26(29)30/h4-17H,3,18-20H2,1-2H3,(H,29,30)/b27-25-. The topological polar surface area (TPSA) is 49.8 Å². The Labute approximate surface area is 184 Å². The van der Waals surface area contributed by atoms with Gasteiger partial charge in [-0.1, -0.05) is 79.7 Å². The second kappa shape index (κ2) is 11.1. The van der Waals surface area contributed by atoms with Crippen LogP contribution in [0.3, 0.4) is 0 Å². The first-order valence-electron chi connectivity index (χ1n) is 10.6. The summed E-state index contributed by atoms with van der Waals surface area (Å²) in [5.74, 6) is -0.0603. The van der Waals surface area contributed by atoms with E-state index >= 15 is 0 Å². The Bertz CT molecular complexity index is 996. The lowest BCUT2D eigenvalue weighted by Gasteiger charge is -2.17. The Balaban J connectivity index is 1.86. The Hall–Kier alpha value is -3.37. The van der Waals surface area contributed by atoms with Crippen molar-refractivity contribution in [1.82, 2.24) is 4.90 Å². The van der Waals surface area contributed by atoms with Gasteiger partial charge in [-0.25, -0.2) is 0 Å². The summed E-state index contributed by atoms with van der Waals surface area (Å²) < 4.78 is 5.82. The number of hydrogen-bond acceptors (Lipinski definition) is 3. The zero-order valence-electron chi connectivity index (χ0n) is 18.1. The highest BCUT2D eigenvalue weighted by atomic mass is 16.5. The molecule has 0 fully saturated rings. The molecule has 4 heteroatoms. The van der Waals surface area contributed by atoms with Crippen molar-refractivity contribution in [1.29, 1.82) is 0 Å². The number of aliphatic carboxylic acids is 1. The van der Waals surface area contributed by atoms with Crippen LogP contribution in [0.15, 0.2) is 84.9 Å². The molecule has 0 amide bonds. The molecule has 0 heterocycles. The van der Waals surface area contributed by atoms with Gasteiger partial charge in [0.2, 0.25) is 0 Å². The molecule has 0 saturated heterocycles. The number of nitrogens with zero attached hydrogens (tertiary/aromatic N) is 1. The Morgan fingerprint density at radius 2 is 1.39 bits per heavy atom. The lowest BCUT2D eigenvalue weighted by Crippen LogP contribution is -2.29. The minimum atomic E-state index is -0.836. The highest BCUT2D eigenvalue weighted by Crippen LogP contribution is 2.34. The first kappa shape index (κ1) is 22.3. The van der Waals surface area contributed by atoms with Crippen molar-refractivity contribution in [3.63, 3.8) is 0 Å². The maximum absolute atomic E-state index is 10.8. The summed E-state index contributed by atoms with van der Waals surface area (Å²) in [4.78, 5) is 12.5. The van der Waals surface area contributed by atoms with Gasteiger partial charge >= 0.3 is 5.97 Å². The van der Waals surface area contributed by atoms with Gasteiger partial charge in [-0.05, 0) is 53.4 Å². The van der Waals surface area contributed by atoms with Gasteiger partial charge in [0.1, 0.15) is 12.4 Å². The van der Waals surface area contributed by atoms with Gasteiger partial charge in [0.15, 0.2) is 0 Å². The monoisotopic (exact) mass is 415 g/mol. The summed E-state index contributed by atoms with van der Waals surface area (Å²) in [6.45, 7) is 3.19. The van der Waals surface area contributed by atoms with Crippen LogP contribution in [-0.2, 0) is 4.79 Å². The predicted molar refractivity (Wildman–Crippen MR) is 126 cm³/mol. The Morgan fingerprint density at radius 1 is 0.839 bits per heavy atom. The lowest BCUT2D eigenvalue weighted by atomic mass is 9.88. The van der Waals surface area contributed by atoms with Crippen molar-refractivity contribution in [3.8, 4) is 5.75 Å². The lowest BCUT2D eigenvalue weighted by molar-refractivity contribution is -0.138. The minimum Gasteiger partial charge on any atom is -0.492 e. The van der Waals surface area contributed by atoms with Gasteiger partial charge in [-0.15, -0.1) is 0 Å². The molecule has 0 atom stereocenters. The van der Waals surface area contributed by atoms with Crippen LogP contribution in [0.25, 0.3) is 11.1 Å². The molecule has 0 spiro atoms. The van der Waals surface area contributed by atoms with Crippen LogP contribution in [0, 0.1) is 0 Å². The van der Waals surface area contributed by atoms with Crippen molar-refractivity contribution in [2.45, 2.75) is 13.3 Å². The molecule has 3 aromatic carbocycles. The molecule has 3 aromatic rings. The summed E-state index contributed by atoms with van der Waals surface area (Å²) in [6.07, 6.45) is 0.919. The summed E-state index contributed by atoms with van der Waals surface area (Å²) in [6, 6.07) is 29.1. The van der Waals surface area contributed by atoms with Crippen molar-refractivity contribution < 1.29 is 14.6 Å². The van der Waals surface area contributed by atoms with Gasteiger partial charge in [-0.2, -0.15) is 0 Å². The number of allylic oxidation sites excluding steroid dienone is 1. The number of carboxylic acids is 1. The zero-order valence-corrected chi connectivity index (χ0v) is 18.1. The minimum absolute atomic E-state index is 0.00675. The fraction of sp³-hybridized carbons (Fsp3) is 0.222. The second-order valence-corrected chi connectivity index (χ2v) is 7.44. The van der Waals surface area contributed by atoms with Crippen LogP contribution < -0.4 is 4.74 Å². The van der Waals surface area contributed by atoms with E-state index in [9.17, 15) is 4.79 Å². The van der Waals surface area contributed by atoms with Gasteiger partial charge in [0.25, 0.3) is 0 Å². The molecule has 0 bridgehead atoms. The average Bonchev–Trinajstić information content (AvgIpc) is 2.79. The number of ether oxygens (including phenoxy) is 1. The van der Waals surface area contributed by atoms with E-state index in [1.165, 1.54) is 22.3 Å². The van der Waals surface area contributed by atoms with Crippen molar-refractivity contribution >= 4 is 17.1 Å². The molecule has 0 aliphatic heterocycles. The molecule has 0 unspecified atom stereocenters. The molecule has 0 radical (unpaired) electrons. The summed E-state index contributed by atoms with van der Waals surface area (Å²) >= 11 is 0. The van der Waals surface area contributed by atoms with Crippen molar-refractivity contribution in [2.24, 2.45) is 0 Å². The van der Waals surface area contributed by atoms with E-state index in [0.29, 0.717) is 13.2 Å². The highest BCUT2D eigenvalue weighted by molar-refractivity contribution is 5.98. The number of carboxylic acid groups (broad SMARTS) is 1. The molecule has 31 heavy (non-hydrogen) atoms. The van der Waals surface area contributed by atoms with E-state index in [1.54, 1.807) is 11.9 Å². The van der Waals surface area contributed by atoms with Crippen LogP contribution >= 0.6 is 0 Å². The molecule has 0 aliphatic rings. The summed E-state index contributed by atoms with van der Waals surface area (Å²) in [5.41, 5.74) is 6.08. The second-order valence-electron chi connectivity index (χ2n) is 7.44. The van der Waals surface area contributed by atoms with E-state index in [0.717, 1.165) is 17.7 Å². The maximum atomic E-state index is 10.8. The van der Waals surface area contributed by atoms with E-state index < -0.39 is 5.97 Å². The van der Waals surface area contributed by atoms with Gasteiger partial charge in [0.05, 0.1) is 6.54 Å². The highest BCUT2D eigenvalue weighted by Gasteiger charge is 2.13. The van der Waals surface area contributed by atoms with E-state index in [2.05, 4.69) is 67.6 Å². The quantitative estimate of drug-likeness (QED) is 0.447. The Kier molecular flexibility index (Phi) is 8.02. The van der Waals surface area contributed by atoms with E-state index in [-0.39, 0.29) is 6.54 Å². The summed E-state index contributed by atoms with van der Waals surface area (Å²) in [7, 11) is 1.77. The smallest absolute Gasteiger partial charge is 0.317 e. The Morgan fingerprint density at radius 3 is 1.94 bits per heavy atom. The molecular formula is C27H29NO3.